The van der Waals surface area contributed by atoms with Gasteiger partial charge in [0.2, 0.25) is 0 Å². The second-order valence-electron chi connectivity index (χ2n) is 6.21. The van der Waals surface area contributed by atoms with Gasteiger partial charge in [0.1, 0.15) is 12.4 Å². The number of hydrogen-bond donors (Lipinski definition) is 0. The zero-order chi connectivity index (χ0) is 17.5. The van der Waals surface area contributed by atoms with Crippen molar-refractivity contribution >= 4 is 17.2 Å². The summed E-state index contributed by atoms with van der Waals surface area (Å²) in [5.41, 5.74) is 1.13. The lowest BCUT2D eigenvalue weighted by molar-refractivity contribution is 0.0669. The molecule has 1 amide bonds. The molecule has 0 unspecified atom stereocenters. The Morgan fingerprint density at radius 3 is 2.64 bits per heavy atom. The monoisotopic (exact) mass is 353 g/mol. The number of thiophene rings is 1. The second-order valence-corrected chi connectivity index (χ2v) is 7.16. The second kappa shape index (κ2) is 8.73. The first-order chi connectivity index (χ1) is 12.3. The third-order valence-corrected chi connectivity index (χ3v) is 5.38. The van der Waals surface area contributed by atoms with Crippen LogP contribution in [0, 0.1) is 11.8 Å². The molecule has 1 aromatic carbocycles. The number of amides is 1. The molecule has 0 spiro atoms. The van der Waals surface area contributed by atoms with Crippen LogP contribution in [0.1, 0.15) is 47.8 Å². The number of carbonyl (C=O) groups is 1. The fraction of sp³-hybridized carbons (Fsp3) is 0.381. The van der Waals surface area contributed by atoms with Crippen molar-refractivity contribution in [3.05, 3.63) is 52.2 Å². The van der Waals surface area contributed by atoms with E-state index in [9.17, 15) is 4.79 Å². The van der Waals surface area contributed by atoms with Crippen LogP contribution in [0.4, 0.5) is 0 Å². The van der Waals surface area contributed by atoms with Crippen molar-refractivity contribution in [2.24, 2.45) is 0 Å². The molecule has 0 saturated heterocycles. The molecule has 0 bridgehead atoms. The Hall–Kier alpha value is -2.25. The highest BCUT2D eigenvalue weighted by atomic mass is 32.1. The van der Waals surface area contributed by atoms with Crippen LogP contribution in [-0.2, 0) is 6.54 Å². The maximum Gasteiger partial charge on any atom is 0.264 e. The molecule has 25 heavy (non-hydrogen) atoms. The van der Waals surface area contributed by atoms with E-state index in [-0.39, 0.29) is 5.91 Å². The van der Waals surface area contributed by atoms with E-state index in [1.165, 1.54) is 24.2 Å². The van der Waals surface area contributed by atoms with Gasteiger partial charge in [0, 0.05) is 12.6 Å². The lowest BCUT2D eigenvalue weighted by Crippen LogP contribution is -2.37. The van der Waals surface area contributed by atoms with Crippen LogP contribution in [0.25, 0.3) is 0 Å². The average molecular weight is 353 g/mol. The molecule has 0 N–H and O–H groups in total. The molecule has 4 heteroatoms. The number of rotatable bonds is 6. The van der Waals surface area contributed by atoms with Crippen LogP contribution in [0.2, 0.25) is 0 Å². The smallest absolute Gasteiger partial charge is 0.264 e. The van der Waals surface area contributed by atoms with Gasteiger partial charge in [-0.05, 0) is 48.9 Å². The Balaban J connectivity index is 1.71. The van der Waals surface area contributed by atoms with Gasteiger partial charge in [-0.25, -0.2) is 0 Å². The van der Waals surface area contributed by atoms with Crippen molar-refractivity contribution in [2.75, 3.05) is 6.61 Å². The topological polar surface area (TPSA) is 29.5 Å². The number of benzene rings is 1. The Morgan fingerprint density at radius 1 is 1.24 bits per heavy atom. The predicted octanol–water partition coefficient (Wildman–Crippen LogP) is 4.74. The lowest BCUT2D eigenvalue weighted by atomic mass is 10.1. The zero-order valence-corrected chi connectivity index (χ0v) is 15.3. The maximum absolute atomic E-state index is 12.9. The van der Waals surface area contributed by atoms with E-state index in [0.717, 1.165) is 29.0 Å². The molecule has 3 rings (SSSR count). The van der Waals surface area contributed by atoms with E-state index < -0.39 is 0 Å². The van der Waals surface area contributed by atoms with E-state index in [2.05, 4.69) is 16.7 Å². The first kappa shape index (κ1) is 17.6. The van der Waals surface area contributed by atoms with Crippen molar-refractivity contribution in [2.45, 2.75) is 45.2 Å². The molecule has 0 atom stereocenters. The maximum atomic E-state index is 12.9. The molecule has 1 aliphatic carbocycles. The molecule has 3 nitrogen and oxygen atoms in total. The summed E-state index contributed by atoms with van der Waals surface area (Å²) in [5.74, 6) is 6.66. The van der Waals surface area contributed by atoms with Crippen molar-refractivity contribution in [3.8, 4) is 17.6 Å². The van der Waals surface area contributed by atoms with E-state index in [1.54, 1.807) is 6.92 Å². The van der Waals surface area contributed by atoms with Crippen molar-refractivity contribution < 1.29 is 9.53 Å². The minimum atomic E-state index is 0.153. The quantitative estimate of drug-likeness (QED) is 0.702. The Labute approximate surface area is 153 Å². The lowest BCUT2D eigenvalue weighted by Gasteiger charge is -2.29. The highest BCUT2D eigenvalue weighted by molar-refractivity contribution is 7.12. The van der Waals surface area contributed by atoms with Gasteiger partial charge in [-0.2, -0.15) is 0 Å². The number of ether oxygens (including phenoxy) is 1. The van der Waals surface area contributed by atoms with Crippen LogP contribution in [0.3, 0.4) is 0 Å². The molecule has 130 valence electrons. The minimum Gasteiger partial charge on any atom is -0.481 e. The van der Waals surface area contributed by atoms with Gasteiger partial charge in [0.25, 0.3) is 5.91 Å². The molecule has 2 aromatic rings. The molecule has 1 saturated carbocycles. The van der Waals surface area contributed by atoms with Gasteiger partial charge in [0.15, 0.2) is 0 Å². The highest BCUT2D eigenvalue weighted by Crippen LogP contribution is 2.28. The summed E-state index contributed by atoms with van der Waals surface area (Å²) in [5, 5.41) is 1.96. The summed E-state index contributed by atoms with van der Waals surface area (Å²) >= 11 is 1.52. The minimum absolute atomic E-state index is 0.153. The molecule has 0 radical (unpaired) electrons. The number of nitrogens with zero attached hydrogens (tertiary/aromatic N) is 1. The first-order valence-corrected chi connectivity index (χ1v) is 9.61. The van der Waals surface area contributed by atoms with Gasteiger partial charge >= 0.3 is 0 Å². The van der Waals surface area contributed by atoms with E-state index in [0.29, 0.717) is 19.2 Å². The molecule has 0 aliphatic heterocycles. The molecule has 1 aliphatic rings. The fourth-order valence-corrected chi connectivity index (χ4v) is 3.88. The average Bonchev–Trinajstić information content (AvgIpc) is 3.34. The van der Waals surface area contributed by atoms with E-state index >= 15 is 0 Å². The summed E-state index contributed by atoms with van der Waals surface area (Å²) < 4.78 is 5.56. The highest BCUT2D eigenvalue weighted by Gasteiger charge is 2.28. The van der Waals surface area contributed by atoms with Gasteiger partial charge in [-0.1, -0.05) is 37.0 Å². The zero-order valence-electron chi connectivity index (χ0n) is 14.5. The van der Waals surface area contributed by atoms with Crippen LogP contribution >= 0.6 is 11.3 Å². The third-order valence-electron chi connectivity index (χ3n) is 4.52. The molecular weight excluding hydrogens is 330 g/mol. The Bertz CT molecular complexity index is 734. The van der Waals surface area contributed by atoms with Crippen LogP contribution in [0.5, 0.6) is 5.75 Å². The van der Waals surface area contributed by atoms with Crippen molar-refractivity contribution in [3.63, 3.8) is 0 Å². The summed E-state index contributed by atoms with van der Waals surface area (Å²) in [6, 6.07) is 12.2. The third kappa shape index (κ3) is 4.64. The number of hydrogen-bond acceptors (Lipinski definition) is 3. The van der Waals surface area contributed by atoms with E-state index in [1.807, 2.05) is 41.8 Å². The van der Waals surface area contributed by atoms with Crippen LogP contribution in [0.15, 0.2) is 41.8 Å². The normalized spacial score (nSPS) is 14.0. The molecule has 1 fully saturated rings. The standard InChI is InChI=1S/C21H23NO2S/c1-2-3-14-24-19-12-10-17(11-13-19)16-22(18-7-4-5-8-18)21(23)20-9-6-15-25-20/h6,9-13,15,18H,4-5,7-8,14,16H2,1H3. The fourth-order valence-electron chi connectivity index (χ4n) is 3.20. The summed E-state index contributed by atoms with van der Waals surface area (Å²) in [4.78, 5) is 15.8. The molecule has 1 heterocycles. The SMILES string of the molecule is CC#CCOc1ccc(CN(C(=O)c2cccs2)C2CCCC2)cc1. The van der Waals surface area contributed by atoms with Crippen LogP contribution < -0.4 is 4.74 Å². The van der Waals surface area contributed by atoms with Crippen molar-refractivity contribution in [1.82, 2.24) is 4.90 Å². The Morgan fingerprint density at radius 2 is 2.00 bits per heavy atom. The first-order valence-electron chi connectivity index (χ1n) is 8.74. The van der Waals surface area contributed by atoms with Crippen molar-refractivity contribution in [1.29, 1.82) is 0 Å². The summed E-state index contributed by atoms with van der Waals surface area (Å²) in [6.45, 7) is 2.85. The van der Waals surface area contributed by atoms with Gasteiger partial charge in [-0.3, -0.25) is 4.79 Å². The van der Waals surface area contributed by atoms with Gasteiger partial charge in [0.05, 0.1) is 4.88 Å². The number of carbonyl (C=O) groups excluding carboxylic acids is 1. The molecular formula is C21H23NO2S. The Kier molecular flexibility index (Phi) is 6.14. The summed E-state index contributed by atoms with van der Waals surface area (Å²) in [6.07, 6.45) is 4.64. The molecule has 1 aromatic heterocycles. The van der Waals surface area contributed by atoms with Gasteiger partial charge < -0.3 is 9.64 Å². The van der Waals surface area contributed by atoms with E-state index in [4.69, 9.17) is 4.74 Å². The largest absolute Gasteiger partial charge is 0.481 e. The van der Waals surface area contributed by atoms with Crippen LogP contribution in [-0.4, -0.2) is 23.5 Å². The van der Waals surface area contributed by atoms with Gasteiger partial charge in [-0.15, -0.1) is 17.3 Å². The predicted molar refractivity (Wildman–Crippen MR) is 102 cm³/mol. The summed E-state index contributed by atoms with van der Waals surface area (Å²) in [7, 11) is 0.